The third-order valence-corrected chi connectivity index (χ3v) is 2.17. The molecule has 20 heavy (non-hydrogen) atoms. The molecular formula is C9H5ClF6N2O2. The van der Waals surface area contributed by atoms with Gasteiger partial charge in [-0.3, -0.25) is 4.79 Å². The van der Waals surface area contributed by atoms with Gasteiger partial charge in [0.05, 0.1) is 5.56 Å². The summed E-state index contributed by atoms with van der Waals surface area (Å²) in [5.74, 6) is -1.38. The van der Waals surface area contributed by atoms with Gasteiger partial charge in [0.2, 0.25) is 5.88 Å². The van der Waals surface area contributed by atoms with Crippen LogP contribution in [0.15, 0.2) is 6.07 Å². The maximum absolute atomic E-state index is 12.7. The molecule has 0 aromatic carbocycles. The highest BCUT2D eigenvalue weighted by atomic mass is 35.5. The van der Waals surface area contributed by atoms with Gasteiger partial charge < -0.3 is 10.5 Å². The van der Waals surface area contributed by atoms with Crippen LogP contribution in [-0.2, 0) is 12.7 Å². The summed E-state index contributed by atoms with van der Waals surface area (Å²) in [7, 11) is 0. The number of aromatic nitrogens is 1. The molecule has 0 atom stereocenters. The molecule has 0 bridgehead atoms. The van der Waals surface area contributed by atoms with Crippen molar-refractivity contribution in [3.8, 4) is 5.88 Å². The fourth-order valence-corrected chi connectivity index (χ4v) is 1.54. The number of ether oxygens (including phenoxy) is 1. The second kappa shape index (κ2) is 5.44. The quantitative estimate of drug-likeness (QED) is 0.686. The van der Waals surface area contributed by atoms with Crippen molar-refractivity contribution < 1.29 is 35.9 Å². The highest BCUT2D eigenvalue weighted by Crippen LogP contribution is 2.35. The Hall–Kier alpha value is -1.55. The molecule has 0 saturated carbocycles. The lowest BCUT2D eigenvalue weighted by Gasteiger charge is -2.15. The first-order valence-electron chi connectivity index (χ1n) is 4.72. The first-order valence-corrected chi connectivity index (χ1v) is 5.10. The van der Waals surface area contributed by atoms with Crippen LogP contribution < -0.4 is 10.5 Å². The fraction of sp³-hybridized carbons (Fsp3) is 0.333. The zero-order valence-corrected chi connectivity index (χ0v) is 10.0. The Morgan fingerprint density at radius 3 is 2.20 bits per heavy atom. The molecule has 0 spiro atoms. The Morgan fingerprint density at radius 1 is 1.30 bits per heavy atom. The zero-order valence-electron chi connectivity index (χ0n) is 9.27. The van der Waals surface area contributed by atoms with E-state index in [9.17, 15) is 31.1 Å². The van der Waals surface area contributed by atoms with Gasteiger partial charge >= 0.3 is 12.5 Å². The Kier molecular flexibility index (Phi) is 4.49. The van der Waals surface area contributed by atoms with E-state index in [4.69, 9.17) is 17.3 Å². The van der Waals surface area contributed by atoms with Gasteiger partial charge in [0.25, 0.3) is 5.24 Å². The van der Waals surface area contributed by atoms with Crippen LogP contribution in [0.2, 0.25) is 0 Å². The number of carbonyl (C=O) groups excluding carboxylic acids is 1. The maximum atomic E-state index is 12.7. The molecule has 112 valence electrons. The van der Waals surface area contributed by atoms with E-state index in [1.54, 1.807) is 0 Å². The maximum Gasteiger partial charge on any atom is 0.574 e. The minimum Gasteiger partial charge on any atom is -0.388 e. The molecule has 11 heteroatoms. The fourth-order valence-electron chi connectivity index (χ4n) is 1.33. The van der Waals surface area contributed by atoms with Crippen LogP contribution in [0.25, 0.3) is 0 Å². The van der Waals surface area contributed by atoms with Crippen molar-refractivity contribution in [2.45, 2.75) is 19.1 Å². The average molecular weight is 323 g/mol. The van der Waals surface area contributed by atoms with Crippen molar-refractivity contribution in [2.24, 2.45) is 5.73 Å². The topological polar surface area (TPSA) is 65.2 Å². The van der Waals surface area contributed by atoms with Gasteiger partial charge in [-0.1, -0.05) is 0 Å². The Morgan fingerprint density at radius 2 is 1.85 bits per heavy atom. The van der Waals surface area contributed by atoms with Gasteiger partial charge in [-0.05, 0) is 17.2 Å². The molecule has 0 radical (unpaired) electrons. The second-order valence-electron chi connectivity index (χ2n) is 3.37. The monoisotopic (exact) mass is 322 g/mol. The van der Waals surface area contributed by atoms with Gasteiger partial charge in [0, 0.05) is 12.6 Å². The molecule has 0 aliphatic heterocycles. The highest BCUT2D eigenvalue weighted by Gasteiger charge is 2.40. The predicted octanol–water partition coefficient (Wildman–Crippen LogP) is 2.84. The number of nitrogens with two attached hydrogens (primary N) is 1. The summed E-state index contributed by atoms with van der Waals surface area (Å²) in [4.78, 5) is 13.6. The summed E-state index contributed by atoms with van der Waals surface area (Å²) in [5, 5.41) is -1.54. The largest absolute Gasteiger partial charge is 0.574 e. The van der Waals surface area contributed by atoms with E-state index in [-0.39, 0.29) is 0 Å². The smallest absolute Gasteiger partial charge is 0.388 e. The van der Waals surface area contributed by atoms with Crippen molar-refractivity contribution in [2.75, 3.05) is 0 Å². The first-order chi connectivity index (χ1) is 8.95. The molecule has 2 N–H and O–H groups in total. The van der Waals surface area contributed by atoms with Crippen molar-refractivity contribution in [1.82, 2.24) is 4.98 Å². The predicted molar refractivity (Wildman–Crippen MR) is 54.0 cm³/mol. The third kappa shape index (κ3) is 3.97. The molecule has 1 aromatic heterocycles. The molecule has 1 aromatic rings. The van der Waals surface area contributed by atoms with Crippen molar-refractivity contribution in [1.29, 1.82) is 0 Å². The number of nitrogens with zero attached hydrogens (tertiary/aromatic N) is 1. The molecule has 0 unspecified atom stereocenters. The number of pyridine rings is 1. The van der Waals surface area contributed by atoms with Crippen LogP contribution in [-0.4, -0.2) is 16.6 Å². The second-order valence-corrected chi connectivity index (χ2v) is 3.71. The molecule has 0 aliphatic carbocycles. The summed E-state index contributed by atoms with van der Waals surface area (Å²) in [6.45, 7) is -0.659. The van der Waals surface area contributed by atoms with Crippen LogP contribution in [0.1, 0.15) is 21.6 Å². The minimum absolute atomic E-state index is 0.471. The molecule has 0 saturated heterocycles. The normalized spacial score (nSPS) is 12.4. The first kappa shape index (κ1) is 16.5. The summed E-state index contributed by atoms with van der Waals surface area (Å²) in [5.41, 5.74) is 1.54. The van der Waals surface area contributed by atoms with E-state index in [1.807, 2.05) is 0 Å². The molecule has 4 nitrogen and oxygen atoms in total. The van der Waals surface area contributed by atoms with Crippen LogP contribution in [0.4, 0.5) is 26.3 Å². The van der Waals surface area contributed by atoms with Gasteiger partial charge in [0.1, 0.15) is 0 Å². The SMILES string of the molecule is NCc1cc(OC(F)(F)F)nc(C(F)(F)F)c1C(=O)Cl. The van der Waals surface area contributed by atoms with E-state index in [0.717, 1.165) is 0 Å². The Bertz CT molecular complexity index is 528. The summed E-state index contributed by atoms with van der Waals surface area (Å²) in [6.07, 6.45) is -10.4. The van der Waals surface area contributed by atoms with Crippen LogP contribution in [0, 0.1) is 0 Å². The molecular weight excluding hydrogens is 318 g/mol. The molecule has 1 rings (SSSR count). The molecule has 0 amide bonds. The summed E-state index contributed by atoms with van der Waals surface area (Å²) in [6, 6.07) is 0.471. The molecule has 0 aliphatic rings. The molecule has 0 fully saturated rings. The van der Waals surface area contributed by atoms with Gasteiger partial charge in [-0.25, -0.2) is 4.98 Å². The summed E-state index contributed by atoms with van der Waals surface area (Å²) < 4.78 is 77.3. The average Bonchev–Trinajstić information content (AvgIpc) is 2.23. The van der Waals surface area contributed by atoms with Gasteiger partial charge in [-0.15, -0.1) is 13.2 Å². The van der Waals surface area contributed by atoms with Gasteiger partial charge in [0.15, 0.2) is 5.69 Å². The van der Waals surface area contributed by atoms with E-state index >= 15 is 0 Å². The van der Waals surface area contributed by atoms with Crippen LogP contribution in [0.3, 0.4) is 0 Å². The highest BCUT2D eigenvalue weighted by molar-refractivity contribution is 6.68. The number of carbonyl (C=O) groups is 1. The van der Waals surface area contributed by atoms with Crippen molar-refractivity contribution in [3.05, 3.63) is 22.9 Å². The lowest BCUT2D eigenvalue weighted by Crippen LogP contribution is -2.22. The van der Waals surface area contributed by atoms with Crippen molar-refractivity contribution in [3.63, 3.8) is 0 Å². The number of hydrogen-bond acceptors (Lipinski definition) is 4. The number of rotatable bonds is 3. The van der Waals surface area contributed by atoms with Crippen LogP contribution >= 0.6 is 11.6 Å². The Labute approximate surface area is 112 Å². The lowest BCUT2D eigenvalue weighted by atomic mass is 10.1. The van der Waals surface area contributed by atoms with E-state index in [1.165, 1.54) is 0 Å². The van der Waals surface area contributed by atoms with E-state index in [2.05, 4.69) is 9.72 Å². The lowest BCUT2D eigenvalue weighted by molar-refractivity contribution is -0.276. The number of halogens is 7. The van der Waals surface area contributed by atoms with Crippen molar-refractivity contribution >= 4 is 16.8 Å². The Balaban J connectivity index is 3.52. The summed E-state index contributed by atoms with van der Waals surface area (Å²) >= 11 is 4.99. The standard InChI is InChI=1S/C9H5ClF6N2O2/c10-7(19)5-3(2-17)1-4(20-9(14,15)16)18-6(5)8(11,12)13/h1H,2,17H2. The minimum atomic E-state index is -5.24. The number of hydrogen-bond donors (Lipinski definition) is 1. The van der Waals surface area contributed by atoms with Gasteiger partial charge in [-0.2, -0.15) is 13.2 Å². The third-order valence-electron chi connectivity index (χ3n) is 1.98. The zero-order chi connectivity index (χ0) is 15.7. The van der Waals surface area contributed by atoms with Crippen LogP contribution in [0.5, 0.6) is 5.88 Å². The molecule has 1 heterocycles. The van der Waals surface area contributed by atoms with E-state index < -0.39 is 47.0 Å². The van der Waals surface area contributed by atoms with E-state index in [0.29, 0.717) is 6.07 Å². The number of alkyl halides is 6.